The van der Waals surface area contributed by atoms with E-state index in [4.69, 9.17) is 4.74 Å². The number of fused-ring (bicyclic) bond motifs is 1. The molecular weight excluding hydrogens is 350 g/mol. The van der Waals surface area contributed by atoms with Gasteiger partial charge in [0, 0.05) is 31.2 Å². The van der Waals surface area contributed by atoms with Gasteiger partial charge in [-0.05, 0) is 25.5 Å². The van der Waals surface area contributed by atoms with Crippen molar-refractivity contribution in [3.8, 4) is 0 Å². The molecular formula is C19H21N3O3S. The molecule has 0 radical (unpaired) electrons. The van der Waals surface area contributed by atoms with E-state index < -0.39 is 0 Å². The summed E-state index contributed by atoms with van der Waals surface area (Å²) in [6, 6.07) is 9.66. The van der Waals surface area contributed by atoms with Gasteiger partial charge in [0.25, 0.3) is 11.8 Å². The normalized spacial score (nSPS) is 23.5. The lowest BCUT2D eigenvalue weighted by Gasteiger charge is -2.38. The maximum absolute atomic E-state index is 12.8. The smallest absolute Gasteiger partial charge is 0.265 e. The lowest BCUT2D eigenvalue weighted by molar-refractivity contribution is -0.124. The number of carbonyl (C=O) groups excluding carboxylic acids is 2. The zero-order chi connectivity index (χ0) is 18.1. The molecule has 6 nitrogen and oxygen atoms in total. The number of aromatic nitrogens is 1. The molecule has 1 aromatic carbocycles. The predicted molar refractivity (Wildman–Crippen MR) is 99.4 cm³/mol. The number of ether oxygens (including phenoxy) is 1. The fourth-order valence-corrected chi connectivity index (χ4v) is 4.46. The number of para-hydroxylation sites is 1. The second-order valence-corrected chi connectivity index (χ2v) is 7.61. The highest BCUT2D eigenvalue weighted by Gasteiger charge is 2.38. The predicted octanol–water partition coefficient (Wildman–Crippen LogP) is 2.35. The molecule has 2 aliphatic heterocycles. The topological polar surface area (TPSA) is 62.7 Å². The van der Waals surface area contributed by atoms with E-state index in [0.717, 1.165) is 17.8 Å². The Morgan fingerprint density at radius 3 is 2.81 bits per heavy atom. The van der Waals surface area contributed by atoms with Crippen molar-refractivity contribution in [3.05, 3.63) is 46.4 Å². The minimum atomic E-state index is -0.0261. The highest BCUT2D eigenvalue weighted by molar-refractivity contribution is 7.11. The summed E-state index contributed by atoms with van der Waals surface area (Å²) in [5, 5.41) is 0. The molecule has 4 rings (SSSR count). The van der Waals surface area contributed by atoms with E-state index in [1.165, 1.54) is 11.3 Å². The van der Waals surface area contributed by atoms with Gasteiger partial charge in [0.15, 0.2) is 0 Å². The van der Waals surface area contributed by atoms with E-state index in [1.807, 2.05) is 42.2 Å². The third-order valence-corrected chi connectivity index (χ3v) is 6.01. The zero-order valence-corrected chi connectivity index (χ0v) is 15.4. The van der Waals surface area contributed by atoms with E-state index in [9.17, 15) is 9.59 Å². The van der Waals surface area contributed by atoms with Crippen LogP contribution >= 0.6 is 11.3 Å². The van der Waals surface area contributed by atoms with Gasteiger partial charge in [0.2, 0.25) is 0 Å². The highest BCUT2D eigenvalue weighted by Crippen LogP contribution is 2.28. The molecule has 3 heterocycles. The summed E-state index contributed by atoms with van der Waals surface area (Å²) in [7, 11) is 0. The molecule has 7 heteroatoms. The molecule has 0 spiro atoms. The summed E-state index contributed by atoms with van der Waals surface area (Å²) >= 11 is 1.38. The fourth-order valence-electron chi connectivity index (χ4n) is 3.69. The number of amides is 2. The number of hydrogen-bond donors (Lipinski definition) is 0. The van der Waals surface area contributed by atoms with Gasteiger partial charge in [-0.2, -0.15) is 0 Å². The summed E-state index contributed by atoms with van der Waals surface area (Å²) in [5.74, 6) is 0.111. The van der Waals surface area contributed by atoms with Crippen molar-refractivity contribution in [2.45, 2.75) is 19.4 Å². The van der Waals surface area contributed by atoms with Crippen LogP contribution in [0.5, 0.6) is 0 Å². The number of carbonyl (C=O) groups is 2. The summed E-state index contributed by atoms with van der Waals surface area (Å²) in [5.41, 5.74) is 3.36. The largest absolute Gasteiger partial charge is 0.368 e. The molecule has 2 amide bonds. The van der Waals surface area contributed by atoms with Crippen LogP contribution in [0.1, 0.15) is 21.8 Å². The average molecular weight is 371 g/mol. The number of nitrogens with zero attached hydrogens (tertiary/aromatic N) is 3. The monoisotopic (exact) mass is 371 g/mol. The molecule has 136 valence electrons. The maximum atomic E-state index is 12.8. The van der Waals surface area contributed by atoms with Crippen molar-refractivity contribution in [2.75, 3.05) is 31.1 Å². The van der Waals surface area contributed by atoms with Crippen LogP contribution in [0.3, 0.4) is 0 Å². The third kappa shape index (κ3) is 3.24. The summed E-state index contributed by atoms with van der Waals surface area (Å²) in [4.78, 5) is 33.9. The fraction of sp³-hybridized carbons (Fsp3) is 0.421. The second-order valence-electron chi connectivity index (χ2n) is 6.76. The van der Waals surface area contributed by atoms with Crippen molar-refractivity contribution in [1.29, 1.82) is 0 Å². The molecule has 0 saturated carbocycles. The maximum Gasteiger partial charge on any atom is 0.265 e. The van der Waals surface area contributed by atoms with Gasteiger partial charge in [0.05, 0.1) is 17.3 Å². The van der Waals surface area contributed by atoms with Crippen LogP contribution in [-0.4, -0.2) is 54.0 Å². The minimum Gasteiger partial charge on any atom is -0.368 e. The van der Waals surface area contributed by atoms with Crippen LogP contribution in [-0.2, 0) is 9.53 Å². The molecule has 2 fully saturated rings. The number of hydrogen-bond acceptors (Lipinski definition) is 5. The number of rotatable bonds is 2. The van der Waals surface area contributed by atoms with Crippen molar-refractivity contribution >= 4 is 28.8 Å². The Balaban J connectivity index is 1.53. The van der Waals surface area contributed by atoms with Crippen molar-refractivity contribution in [1.82, 2.24) is 9.88 Å². The SMILES string of the molecule is Cc1ncsc1C(=O)N1CC[C@@H]2OCC(=O)N(c3ccccc3)C[C@H]2C1. The molecule has 2 aliphatic rings. The lowest BCUT2D eigenvalue weighted by Crippen LogP contribution is -2.49. The van der Waals surface area contributed by atoms with Gasteiger partial charge in [0.1, 0.15) is 11.5 Å². The first-order chi connectivity index (χ1) is 12.6. The Hall–Kier alpha value is -2.25. The van der Waals surface area contributed by atoms with Crippen LogP contribution in [0.25, 0.3) is 0 Å². The second kappa shape index (κ2) is 7.17. The molecule has 2 atom stereocenters. The molecule has 2 saturated heterocycles. The Morgan fingerprint density at radius 1 is 1.27 bits per heavy atom. The van der Waals surface area contributed by atoms with Gasteiger partial charge in [-0.15, -0.1) is 11.3 Å². The van der Waals surface area contributed by atoms with E-state index in [2.05, 4.69) is 4.98 Å². The molecule has 0 aliphatic carbocycles. The Kier molecular flexibility index (Phi) is 4.74. The zero-order valence-electron chi connectivity index (χ0n) is 14.6. The van der Waals surface area contributed by atoms with Gasteiger partial charge < -0.3 is 14.5 Å². The molecule has 1 aromatic heterocycles. The number of piperidine rings is 1. The molecule has 26 heavy (non-hydrogen) atoms. The van der Waals surface area contributed by atoms with E-state index >= 15 is 0 Å². The summed E-state index contributed by atoms with van der Waals surface area (Å²) < 4.78 is 5.87. The highest BCUT2D eigenvalue weighted by atomic mass is 32.1. The van der Waals surface area contributed by atoms with Crippen LogP contribution in [0.15, 0.2) is 35.8 Å². The number of likely N-dealkylation sites (tertiary alicyclic amines) is 1. The minimum absolute atomic E-state index is 0.0132. The summed E-state index contributed by atoms with van der Waals surface area (Å²) in [6.07, 6.45) is 0.767. The first-order valence-electron chi connectivity index (χ1n) is 8.80. The van der Waals surface area contributed by atoms with Gasteiger partial charge in [-0.1, -0.05) is 18.2 Å². The van der Waals surface area contributed by atoms with Crippen LogP contribution in [0.4, 0.5) is 5.69 Å². The molecule has 2 aromatic rings. The first kappa shape index (κ1) is 17.2. The quantitative estimate of drug-likeness (QED) is 0.813. The van der Waals surface area contributed by atoms with Crippen molar-refractivity contribution in [2.24, 2.45) is 5.92 Å². The van der Waals surface area contributed by atoms with Gasteiger partial charge in [-0.3, -0.25) is 9.59 Å². The first-order valence-corrected chi connectivity index (χ1v) is 9.68. The van der Waals surface area contributed by atoms with Gasteiger partial charge >= 0.3 is 0 Å². The Bertz CT molecular complexity index is 807. The van der Waals surface area contributed by atoms with Crippen LogP contribution < -0.4 is 4.90 Å². The number of aryl methyl sites for hydroxylation is 1. The molecule has 0 N–H and O–H groups in total. The van der Waals surface area contributed by atoms with E-state index in [0.29, 0.717) is 24.5 Å². The van der Waals surface area contributed by atoms with Crippen LogP contribution in [0, 0.1) is 12.8 Å². The van der Waals surface area contributed by atoms with Gasteiger partial charge in [-0.25, -0.2) is 4.98 Å². The number of anilines is 1. The number of thiazole rings is 1. The van der Waals surface area contributed by atoms with Crippen LogP contribution in [0.2, 0.25) is 0 Å². The van der Waals surface area contributed by atoms with Crippen molar-refractivity contribution in [3.63, 3.8) is 0 Å². The molecule has 0 bridgehead atoms. The number of benzene rings is 1. The molecule has 0 unspecified atom stereocenters. The van der Waals surface area contributed by atoms with E-state index in [1.54, 1.807) is 10.4 Å². The third-order valence-electron chi connectivity index (χ3n) is 5.10. The standard InChI is InChI=1S/C19H21N3O3S/c1-13-18(26-12-20-13)19(24)21-8-7-16-14(9-21)10-22(17(23)11-25-16)15-5-3-2-4-6-15/h2-6,12,14,16H,7-11H2,1H3/t14-,16+/m1/s1. The average Bonchev–Trinajstić information content (AvgIpc) is 3.02. The van der Waals surface area contributed by atoms with Crippen molar-refractivity contribution < 1.29 is 14.3 Å². The Morgan fingerprint density at radius 2 is 2.08 bits per heavy atom. The Labute approximate surface area is 156 Å². The lowest BCUT2D eigenvalue weighted by atomic mass is 9.93. The summed E-state index contributed by atoms with van der Waals surface area (Å²) in [6.45, 7) is 3.77. The van der Waals surface area contributed by atoms with E-state index in [-0.39, 0.29) is 30.4 Å².